The Morgan fingerprint density at radius 1 is 1.36 bits per heavy atom. The predicted molar refractivity (Wildman–Crippen MR) is 48.7 cm³/mol. The van der Waals surface area contributed by atoms with Crippen molar-refractivity contribution in [3.8, 4) is 0 Å². The van der Waals surface area contributed by atoms with Crippen LogP contribution in [0.25, 0.3) is 0 Å². The number of hydrogen-bond acceptors (Lipinski definition) is 0. The third-order valence-electron chi connectivity index (χ3n) is 4.22. The van der Waals surface area contributed by atoms with Crippen molar-refractivity contribution >= 4 is 16.0 Å². The Hall–Kier alpha value is 0.519. The number of rotatable bonds is 1. The summed E-state index contributed by atoms with van der Waals surface area (Å²) >= 11 is 3.21. The van der Waals surface area contributed by atoms with E-state index in [1.807, 2.05) is 0 Å². The summed E-state index contributed by atoms with van der Waals surface area (Å²) in [6.45, 7) is 4.93. The summed E-state index contributed by atoms with van der Waals surface area (Å²) in [5.74, 6) is 3.12. The molecule has 3 rings (SSSR count). The first-order valence-electron chi connectivity index (χ1n) is 4.74. The van der Waals surface area contributed by atoms with Crippen molar-refractivity contribution in [2.24, 2.45) is 23.2 Å². The van der Waals surface area contributed by atoms with Gasteiger partial charge in [-0.25, -0.2) is 0 Å². The molecule has 11 heavy (non-hydrogen) atoms. The molecule has 0 amide bonds. The average molecular weight is 216 g/mol. The van der Waals surface area contributed by atoms with Crippen molar-refractivity contribution < 1.29 is 0 Å². The molecule has 3 saturated carbocycles. The van der Waals surface area contributed by atoms with Crippen molar-refractivity contribution in [1.29, 1.82) is 0 Å². The topological polar surface area (TPSA) is 0 Å². The molecule has 0 saturated heterocycles. The normalized spacial score (nSPS) is 46.6. The van der Waals surface area contributed by atoms with E-state index in [1.165, 1.54) is 24.6 Å². The van der Waals surface area contributed by atoms with E-state index in [9.17, 15) is 0 Å². The van der Waals surface area contributed by atoms with Crippen LogP contribution < -0.4 is 0 Å². The zero-order valence-electron chi connectivity index (χ0n) is 7.47. The molecule has 3 fully saturated rings. The van der Waals surface area contributed by atoms with E-state index in [2.05, 4.69) is 29.9 Å². The van der Waals surface area contributed by atoms with Gasteiger partial charge in [-0.3, -0.25) is 0 Å². The molecule has 0 aromatic rings. The molecular formula is C10H17Se. The van der Waals surface area contributed by atoms with Crippen LogP contribution in [0.1, 0.15) is 33.1 Å². The predicted octanol–water partition coefficient (Wildman–Crippen LogP) is 2.65. The molecule has 3 atom stereocenters. The molecule has 1 heteroatoms. The van der Waals surface area contributed by atoms with E-state index in [0.29, 0.717) is 5.41 Å². The molecular weight excluding hydrogens is 199 g/mol. The summed E-state index contributed by atoms with van der Waals surface area (Å²) < 4.78 is 0. The number of fused-ring (bicyclic) bond motifs is 2. The Balaban J connectivity index is 2.10. The molecule has 0 spiro atoms. The maximum atomic E-state index is 3.21. The van der Waals surface area contributed by atoms with Gasteiger partial charge in [0.05, 0.1) is 0 Å². The summed E-state index contributed by atoms with van der Waals surface area (Å²) in [6.07, 6.45) is 4.51. The quantitative estimate of drug-likeness (QED) is 0.591. The van der Waals surface area contributed by atoms with Crippen LogP contribution in [-0.2, 0) is 0 Å². The second-order valence-corrected chi connectivity index (χ2v) is 5.56. The minimum absolute atomic E-state index is 0.687. The van der Waals surface area contributed by atoms with E-state index in [-0.39, 0.29) is 0 Å². The van der Waals surface area contributed by atoms with Gasteiger partial charge in [0.25, 0.3) is 0 Å². The van der Waals surface area contributed by atoms with Crippen LogP contribution in [0, 0.1) is 23.2 Å². The van der Waals surface area contributed by atoms with Gasteiger partial charge >= 0.3 is 77.6 Å². The van der Waals surface area contributed by atoms with E-state index >= 15 is 0 Å². The van der Waals surface area contributed by atoms with Crippen molar-refractivity contribution in [2.45, 2.75) is 38.4 Å². The molecule has 0 heterocycles. The van der Waals surface area contributed by atoms with Gasteiger partial charge in [-0.15, -0.1) is 0 Å². The molecule has 0 N–H and O–H groups in total. The molecule has 0 unspecified atom stereocenters. The molecule has 1 radical (unpaired) electrons. The average Bonchev–Trinajstić information content (AvgIpc) is 2.04. The molecule has 2 bridgehead atoms. The van der Waals surface area contributed by atoms with E-state index in [0.717, 1.165) is 17.8 Å². The van der Waals surface area contributed by atoms with Crippen LogP contribution in [0.4, 0.5) is 0 Å². The van der Waals surface area contributed by atoms with Crippen LogP contribution in [-0.4, -0.2) is 16.0 Å². The maximum absolute atomic E-state index is 3.21. The fourth-order valence-electron chi connectivity index (χ4n) is 3.16. The minimum atomic E-state index is 0.687. The Bertz CT molecular complexity index is 160. The molecule has 0 aliphatic heterocycles. The van der Waals surface area contributed by atoms with Gasteiger partial charge < -0.3 is 0 Å². The Morgan fingerprint density at radius 3 is 2.45 bits per heavy atom. The fraction of sp³-hybridized carbons (Fsp3) is 1.00. The fourth-order valence-corrected chi connectivity index (χ4v) is 4.00. The summed E-state index contributed by atoms with van der Waals surface area (Å²) in [7, 11) is 0. The van der Waals surface area contributed by atoms with Crippen LogP contribution in [0.2, 0.25) is 5.32 Å². The Kier molecular flexibility index (Phi) is 1.85. The Labute approximate surface area is 77.9 Å². The van der Waals surface area contributed by atoms with Crippen molar-refractivity contribution in [1.82, 2.24) is 0 Å². The molecule has 3 aliphatic carbocycles. The summed E-state index contributed by atoms with van der Waals surface area (Å²) in [4.78, 5) is 0. The number of hydrogen-bond donors (Lipinski definition) is 0. The second kappa shape index (κ2) is 2.50. The standard InChI is InChI=1S/C10H17Se/c1-10(2)8-4-3-7(6-11)9(10)5-8/h7-9H,3-6H2,1-2H3/t7-,8-,9-/m0/s1. The first-order chi connectivity index (χ1) is 5.16. The van der Waals surface area contributed by atoms with Gasteiger partial charge in [-0.05, 0) is 0 Å². The summed E-state index contributed by atoms with van der Waals surface area (Å²) in [6, 6.07) is 0. The molecule has 0 aromatic carbocycles. The monoisotopic (exact) mass is 217 g/mol. The zero-order chi connectivity index (χ0) is 8.06. The molecule has 0 aromatic heterocycles. The van der Waals surface area contributed by atoms with Gasteiger partial charge in [0.15, 0.2) is 0 Å². The van der Waals surface area contributed by atoms with Crippen LogP contribution in [0.3, 0.4) is 0 Å². The van der Waals surface area contributed by atoms with Crippen LogP contribution >= 0.6 is 0 Å². The third kappa shape index (κ3) is 1.01. The Morgan fingerprint density at radius 2 is 2.09 bits per heavy atom. The van der Waals surface area contributed by atoms with E-state index < -0.39 is 0 Å². The first-order valence-corrected chi connectivity index (χ1v) is 5.95. The van der Waals surface area contributed by atoms with Crippen molar-refractivity contribution in [3.05, 3.63) is 0 Å². The second-order valence-electron chi connectivity index (χ2n) is 4.86. The third-order valence-corrected chi connectivity index (χ3v) is 5.11. The molecule has 63 valence electrons. The van der Waals surface area contributed by atoms with Gasteiger partial charge in [-0.1, -0.05) is 0 Å². The van der Waals surface area contributed by atoms with Crippen LogP contribution in [0.15, 0.2) is 0 Å². The van der Waals surface area contributed by atoms with Crippen molar-refractivity contribution in [3.63, 3.8) is 0 Å². The van der Waals surface area contributed by atoms with Crippen molar-refractivity contribution in [2.75, 3.05) is 0 Å². The first kappa shape index (κ1) is 8.13. The van der Waals surface area contributed by atoms with Gasteiger partial charge in [0.2, 0.25) is 0 Å². The van der Waals surface area contributed by atoms with E-state index in [4.69, 9.17) is 0 Å². The molecule has 3 aliphatic rings. The van der Waals surface area contributed by atoms with Crippen LogP contribution in [0.5, 0.6) is 0 Å². The summed E-state index contributed by atoms with van der Waals surface area (Å²) in [5.41, 5.74) is 0.687. The van der Waals surface area contributed by atoms with Gasteiger partial charge in [0.1, 0.15) is 0 Å². The zero-order valence-corrected chi connectivity index (χ0v) is 9.18. The van der Waals surface area contributed by atoms with E-state index in [1.54, 1.807) is 0 Å². The van der Waals surface area contributed by atoms with Gasteiger partial charge in [0, 0.05) is 0 Å². The SMILES string of the molecule is CC1(C)[C@H]2CC[C@@H](C[Se])[C@@H]1C2. The van der Waals surface area contributed by atoms with Gasteiger partial charge in [-0.2, -0.15) is 0 Å². The molecule has 0 nitrogen and oxygen atoms in total. The summed E-state index contributed by atoms with van der Waals surface area (Å²) in [5, 5.41) is 1.29.